The number of aromatic nitrogens is 2. The average Bonchev–Trinajstić information content (AvgIpc) is 2.82. The zero-order valence-corrected chi connectivity index (χ0v) is 11.6. The highest BCUT2D eigenvalue weighted by molar-refractivity contribution is 6.42. The Balaban J connectivity index is 2.26. The van der Waals surface area contributed by atoms with Gasteiger partial charge in [0, 0.05) is 5.56 Å². The van der Waals surface area contributed by atoms with Crippen molar-refractivity contribution in [2.45, 2.75) is 25.8 Å². The van der Waals surface area contributed by atoms with Crippen LogP contribution in [0.4, 0.5) is 0 Å². The van der Waals surface area contributed by atoms with E-state index in [1.807, 2.05) is 12.1 Å². The quantitative estimate of drug-likeness (QED) is 0.884. The fraction of sp³-hybridized carbons (Fsp3) is 0.308. The van der Waals surface area contributed by atoms with Gasteiger partial charge in [0.2, 0.25) is 0 Å². The van der Waals surface area contributed by atoms with E-state index in [4.69, 9.17) is 28.9 Å². The van der Waals surface area contributed by atoms with Crippen molar-refractivity contribution in [3.63, 3.8) is 0 Å². The van der Waals surface area contributed by atoms with Gasteiger partial charge in [-0.3, -0.25) is 0 Å². The summed E-state index contributed by atoms with van der Waals surface area (Å²) in [6, 6.07) is 5.43. The maximum atomic E-state index is 6.01. The van der Waals surface area contributed by atoms with Gasteiger partial charge in [0.1, 0.15) is 5.82 Å². The molecule has 5 heteroatoms. The van der Waals surface area contributed by atoms with E-state index >= 15 is 0 Å². The number of hydrogen-bond donors (Lipinski definition) is 2. The van der Waals surface area contributed by atoms with E-state index in [-0.39, 0.29) is 6.04 Å². The van der Waals surface area contributed by atoms with Crippen molar-refractivity contribution in [2.75, 3.05) is 0 Å². The summed E-state index contributed by atoms with van der Waals surface area (Å²) in [6.45, 7) is 2.10. The number of nitrogens with two attached hydrogens (primary N) is 1. The number of aromatic amines is 1. The van der Waals surface area contributed by atoms with Gasteiger partial charge >= 0.3 is 0 Å². The van der Waals surface area contributed by atoms with E-state index in [2.05, 4.69) is 16.9 Å². The van der Waals surface area contributed by atoms with E-state index in [0.29, 0.717) is 10.0 Å². The Labute approximate surface area is 116 Å². The Morgan fingerprint density at radius 1 is 1.33 bits per heavy atom. The highest BCUT2D eigenvalue weighted by Gasteiger charge is 2.10. The first kappa shape index (κ1) is 13.4. The number of hydrogen-bond acceptors (Lipinski definition) is 2. The maximum Gasteiger partial charge on any atom is 0.123 e. The van der Waals surface area contributed by atoms with Gasteiger partial charge in [-0.25, -0.2) is 4.98 Å². The smallest absolute Gasteiger partial charge is 0.123 e. The Morgan fingerprint density at radius 2 is 2.11 bits per heavy atom. The van der Waals surface area contributed by atoms with Crippen LogP contribution in [0, 0.1) is 0 Å². The van der Waals surface area contributed by atoms with Crippen LogP contribution in [0.1, 0.15) is 31.6 Å². The molecule has 96 valence electrons. The Bertz CT molecular complexity index is 537. The van der Waals surface area contributed by atoms with Gasteiger partial charge < -0.3 is 10.7 Å². The van der Waals surface area contributed by atoms with Crippen LogP contribution in [0.2, 0.25) is 10.0 Å². The van der Waals surface area contributed by atoms with Crippen LogP contribution in [0.25, 0.3) is 11.3 Å². The zero-order chi connectivity index (χ0) is 13.1. The number of nitrogens with one attached hydrogen (secondary N) is 1. The standard InChI is InChI=1S/C13H15Cl2N3/c1-2-3-11(16)13-17-7-12(18-13)8-4-5-9(14)10(15)6-8/h4-7,11H,2-3,16H2,1H3,(H,17,18). The molecule has 0 aliphatic rings. The van der Waals surface area contributed by atoms with Gasteiger partial charge in [0.05, 0.1) is 28.0 Å². The molecule has 3 N–H and O–H groups in total. The molecule has 1 atom stereocenters. The molecule has 2 rings (SSSR count). The summed E-state index contributed by atoms with van der Waals surface area (Å²) < 4.78 is 0. The van der Waals surface area contributed by atoms with E-state index in [1.165, 1.54) is 0 Å². The van der Waals surface area contributed by atoms with Gasteiger partial charge in [0.25, 0.3) is 0 Å². The molecule has 18 heavy (non-hydrogen) atoms. The van der Waals surface area contributed by atoms with Crippen LogP contribution in [0.15, 0.2) is 24.4 Å². The van der Waals surface area contributed by atoms with Crippen LogP contribution >= 0.6 is 23.2 Å². The number of halogens is 2. The molecule has 0 saturated heterocycles. The molecule has 0 aliphatic carbocycles. The molecule has 3 nitrogen and oxygen atoms in total. The third-order valence-electron chi connectivity index (χ3n) is 2.78. The van der Waals surface area contributed by atoms with E-state index < -0.39 is 0 Å². The van der Waals surface area contributed by atoms with E-state index in [9.17, 15) is 0 Å². The monoisotopic (exact) mass is 283 g/mol. The second-order valence-corrected chi connectivity index (χ2v) is 5.02. The minimum Gasteiger partial charge on any atom is -0.341 e. The van der Waals surface area contributed by atoms with E-state index in [0.717, 1.165) is 29.9 Å². The predicted octanol–water partition coefficient (Wildman–Crippen LogP) is 4.18. The highest BCUT2D eigenvalue weighted by atomic mass is 35.5. The van der Waals surface area contributed by atoms with Crippen LogP contribution in [0.5, 0.6) is 0 Å². The van der Waals surface area contributed by atoms with Gasteiger partial charge in [-0.15, -0.1) is 0 Å². The van der Waals surface area contributed by atoms with Gasteiger partial charge in [-0.05, 0) is 18.6 Å². The van der Waals surface area contributed by atoms with Crippen molar-refractivity contribution in [3.8, 4) is 11.3 Å². The van der Waals surface area contributed by atoms with Crippen LogP contribution in [-0.4, -0.2) is 9.97 Å². The summed E-state index contributed by atoms with van der Waals surface area (Å²) >= 11 is 11.9. The van der Waals surface area contributed by atoms with Gasteiger partial charge in [-0.1, -0.05) is 42.6 Å². The van der Waals surface area contributed by atoms with Crippen molar-refractivity contribution < 1.29 is 0 Å². The summed E-state index contributed by atoms with van der Waals surface area (Å²) in [5.41, 5.74) is 7.86. The SMILES string of the molecule is CCCC(N)c1ncc(-c2ccc(Cl)c(Cl)c2)[nH]1. The molecular weight excluding hydrogens is 269 g/mol. The van der Waals surface area contributed by atoms with Gasteiger partial charge in [-0.2, -0.15) is 0 Å². The molecule has 0 amide bonds. The number of H-pyrrole nitrogens is 1. The summed E-state index contributed by atoms with van der Waals surface area (Å²) in [6.07, 6.45) is 3.71. The second-order valence-electron chi connectivity index (χ2n) is 4.21. The van der Waals surface area contributed by atoms with Crippen LogP contribution < -0.4 is 5.73 Å². The lowest BCUT2D eigenvalue weighted by atomic mass is 10.1. The molecule has 0 bridgehead atoms. The lowest BCUT2D eigenvalue weighted by Gasteiger charge is -2.06. The second kappa shape index (κ2) is 5.74. The van der Waals surface area contributed by atoms with Crippen molar-refractivity contribution in [1.29, 1.82) is 0 Å². The fourth-order valence-electron chi connectivity index (χ4n) is 1.78. The molecule has 0 aliphatic heterocycles. The normalized spacial score (nSPS) is 12.7. The summed E-state index contributed by atoms with van der Waals surface area (Å²) in [5.74, 6) is 0.804. The van der Waals surface area contributed by atoms with Crippen molar-refractivity contribution >= 4 is 23.2 Å². The molecule has 1 unspecified atom stereocenters. The Hall–Kier alpha value is -1.03. The van der Waals surface area contributed by atoms with Crippen molar-refractivity contribution in [3.05, 3.63) is 40.3 Å². The minimum atomic E-state index is -0.0495. The topological polar surface area (TPSA) is 54.7 Å². The number of rotatable bonds is 4. The number of nitrogens with zero attached hydrogens (tertiary/aromatic N) is 1. The molecule has 2 aromatic rings. The highest BCUT2D eigenvalue weighted by Crippen LogP contribution is 2.28. The largest absolute Gasteiger partial charge is 0.341 e. The molecular formula is C13H15Cl2N3. The first-order valence-corrected chi connectivity index (χ1v) is 6.63. The number of benzene rings is 1. The molecule has 0 fully saturated rings. The molecule has 0 saturated carbocycles. The molecule has 0 spiro atoms. The predicted molar refractivity (Wildman–Crippen MR) is 75.9 cm³/mol. The lowest BCUT2D eigenvalue weighted by molar-refractivity contribution is 0.609. The molecule has 0 radical (unpaired) electrons. The Kier molecular flexibility index (Phi) is 4.27. The average molecular weight is 284 g/mol. The lowest BCUT2D eigenvalue weighted by Crippen LogP contribution is -2.11. The van der Waals surface area contributed by atoms with E-state index in [1.54, 1.807) is 12.3 Å². The van der Waals surface area contributed by atoms with Crippen LogP contribution in [-0.2, 0) is 0 Å². The third-order valence-corrected chi connectivity index (χ3v) is 3.52. The van der Waals surface area contributed by atoms with Crippen molar-refractivity contribution in [1.82, 2.24) is 9.97 Å². The van der Waals surface area contributed by atoms with Crippen molar-refractivity contribution in [2.24, 2.45) is 5.73 Å². The Morgan fingerprint density at radius 3 is 2.78 bits per heavy atom. The summed E-state index contributed by atoms with van der Waals surface area (Å²) in [7, 11) is 0. The van der Waals surface area contributed by atoms with Gasteiger partial charge in [0.15, 0.2) is 0 Å². The number of imidazole rings is 1. The maximum absolute atomic E-state index is 6.01. The first-order chi connectivity index (χ1) is 8.61. The minimum absolute atomic E-state index is 0.0495. The summed E-state index contributed by atoms with van der Waals surface area (Å²) in [5, 5.41) is 1.08. The molecule has 1 heterocycles. The molecule has 1 aromatic carbocycles. The molecule has 1 aromatic heterocycles. The van der Waals surface area contributed by atoms with Crippen LogP contribution in [0.3, 0.4) is 0 Å². The first-order valence-electron chi connectivity index (χ1n) is 5.87. The summed E-state index contributed by atoms with van der Waals surface area (Å²) in [4.78, 5) is 7.53. The fourth-order valence-corrected chi connectivity index (χ4v) is 2.08. The zero-order valence-electron chi connectivity index (χ0n) is 10.1. The third kappa shape index (κ3) is 2.86.